The number of carboxylic acids is 1. The van der Waals surface area contributed by atoms with E-state index in [1.54, 1.807) is 25.1 Å². The molecule has 0 aromatic heterocycles. The fraction of sp³-hybridized carbons (Fsp3) is 0.500. The van der Waals surface area contributed by atoms with Gasteiger partial charge in [0.2, 0.25) is 0 Å². The van der Waals surface area contributed by atoms with E-state index in [0.717, 1.165) is 5.56 Å². The second kappa shape index (κ2) is 8.50. The Hall–Kier alpha value is -2.57. The Morgan fingerprint density at radius 2 is 2.08 bits per heavy atom. The van der Waals surface area contributed by atoms with E-state index in [1.807, 2.05) is 18.2 Å². The van der Waals surface area contributed by atoms with Crippen LogP contribution < -0.4 is 5.32 Å². The van der Waals surface area contributed by atoms with E-state index in [-0.39, 0.29) is 18.5 Å². The Morgan fingerprint density at radius 1 is 1.32 bits per heavy atom. The molecule has 0 radical (unpaired) electrons. The third-order valence-electron chi connectivity index (χ3n) is 4.33. The molecule has 7 heteroatoms. The van der Waals surface area contributed by atoms with Crippen LogP contribution in [0.25, 0.3) is 0 Å². The van der Waals surface area contributed by atoms with Crippen molar-refractivity contribution in [2.45, 2.75) is 19.3 Å². The number of amides is 3. The summed E-state index contributed by atoms with van der Waals surface area (Å²) in [6, 6.07) is 7.11. The first-order valence-electron chi connectivity index (χ1n) is 8.44. The molecule has 0 bridgehead atoms. The lowest BCUT2D eigenvalue weighted by atomic mass is 9.99. The Balaban J connectivity index is 1.84. The molecule has 0 spiro atoms. The number of hydrogen-bond acceptors (Lipinski definition) is 3. The van der Waals surface area contributed by atoms with Crippen molar-refractivity contribution in [2.75, 3.05) is 33.7 Å². The number of rotatable bonds is 5. The number of piperidine rings is 1. The minimum atomic E-state index is -0.847. The molecule has 0 saturated carbocycles. The minimum absolute atomic E-state index is 0.0566. The van der Waals surface area contributed by atoms with E-state index in [9.17, 15) is 14.4 Å². The van der Waals surface area contributed by atoms with Crippen molar-refractivity contribution < 1.29 is 19.5 Å². The Kier molecular flexibility index (Phi) is 6.38. The third-order valence-corrected chi connectivity index (χ3v) is 4.33. The van der Waals surface area contributed by atoms with Crippen LogP contribution in [0, 0.1) is 5.92 Å². The van der Waals surface area contributed by atoms with Gasteiger partial charge in [-0.2, -0.15) is 0 Å². The van der Waals surface area contributed by atoms with Crippen LogP contribution in [0.4, 0.5) is 4.79 Å². The Morgan fingerprint density at radius 3 is 2.76 bits per heavy atom. The SMILES string of the molecule is CN(C)C(=O)c1cccc(CCNC(=O)N2CCCC(C(=O)O)C2)c1. The lowest BCUT2D eigenvalue weighted by Crippen LogP contribution is -2.47. The number of likely N-dealkylation sites (tertiary alicyclic amines) is 1. The first-order chi connectivity index (χ1) is 11.9. The molecule has 1 saturated heterocycles. The molecule has 1 unspecified atom stereocenters. The van der Waals surface area contributed by atoms with E-state index in [2.05, 4.69) is 5.32 Å². The van der Waals surface area contributed by atoms with Gasteiger partial charge in [-0.15, -0.1) is 0 Å². The predicted molar refractivity (Wildman–Crippen MR) is 93.5 cm³/mol. The summed E-state index contributed by atoms with van der Waals surface area (Å²) in [5.41, 5.74) is 1.59. The lowest BCUT2D eigenvalue weighted by molar-refractivity contribution is -0.143. The molecule has 1 fully saturated rings. The number of carbonyl (C=O) groups excluding carboxylic acids is 2. The molecule has 1 aromatic rings. The van der Waals surface area contributed by atoms with E-state index in [0.29, 0.717) is 37.9 Å². The van der Waals surface area contributed by atoms with E-state index < -0.39 is 11.9 Å². The molecule has 1 aromatic carbocycles. The van der Waals surface area contributed by atoms with Gasteiger partial charge < -0.3 is 20.2 Å². The number of nitrogens with zero attached hydrogens (tertiary/aromatic N) is 2. The van der Waals surface area contributed by atoms with Gasteiger partial charge in [0.15, 0.2) is 0 Å². The molecular formula is C18H25N3O4. The molecule has 0 aliphatic carbocycles. The van der Waals surface area contributed by atoms with Crippen LogP contribution in [0.5, 0.6) is 0 Å². The average molecular weight is 347 g/mol. The molecule has 3 amide bonds. The van der Waals surface area contributed by atoms with Crippen LogP contribution in [-0.2, 0) is 11.2 Å². The van der Waals surface area contributed by atoms with Crippen LogP contribution in [0.3, 0.4) is 0 Å². The Bertz CT molecular complexity index is 645. The maximum atomic E-state index is 12.2. The molecule has 136 valence electrons. The number of carbonyl (C=O) groups is 3. The smallest absolute Gasteiger partial charge is 0.317 e. The van der Waals surface area contributed by atoms with Gasteiger partial charge in [0.05, 0.1) is 5.92 Å². The molecule has 2 N–H and O–H groups in total. The molecule has 1 atom stereocenters. The van der Waals surface area contributed by atoms with Gasteiger partial charge in [0.25, 0.3) is 5.91 Å². The summed E-state index contributed by atoms with van der Waals surface area (Å²) >= 11 is 0. The zero-order valence-corrected chi connectivity index (χ0v) is 14.7. The topological polar surface area (TPSA) is 90.0 Å². The number of benzene rings is 1. The van der Waals surface area contributed by atoms with Crippen molar-refractivity contribution >= 4 is 17.9 Å². The average Bonchev–Trinajstić information content (AvgIpc) is 2.61. The second-order valence-corrected chi connectivity index (χ2v) is 6.51. The standard InChI is InChI=1S/C18H25N3O4/c1-20(2)16(22)14-6-3-5-13(11-14)8-9-19-18(25)21-10-4-7-15(12-21)17(23)24/h3,5-6,11,15H,4,7-10,12H2,1-2H3,(H,19,25)(H,23,24). The van der Waals surface area contributed by atoms with Crippen molar-refractivity contribution in [1.29, 1.82) is 0 Å². The van der Waals surface area contributed by atoms with E-state index >= 15 is 0 Å². The minimum Gasteiger partial charge on any atom is -0.481 e. The maximum Gasteiger partial charge on any atom is 0.317 e. The zero-order valence-electron chi connectivity index (χ0n) is 14.7. The van der Waals surface area contributed by atoms with Crippen LogP contribution in [0.1, 0.15) is 28.8 Å². The summed E-state index contributed by atoms with van der Waals surface area (Å²) in [6.07, 6.45) is 1.93. The molecule has 1 heterocycles. The first kappa shape index (κ1) is 18.8. The summed E-state index contributed by atoms with van der Waals surface area (Å²) in [6.45, 7) is 1.28. The summed E-state index contributed by atoms with van der Waals surface area (Å²) in [5, 5.41) is 11.9. The summed E-state index contributed by atoms with van der Waals surface area (Å²) in [5.74, 6) is -1.38. The quantitative estimate of drug-likeness (QED) is 0.843. The number of nitrogens with one attached hydrogen (secondary N) is 1. The zero-order chi connectivity index (χ0) is 18.4. The summed E-state index contributed by atoms with van der Waals surface area (Å²) in [7, 11) is 3.41. The second-order valence-electron chi connectivity index (χ2n) is 6.51. The maximum absolute atomic E-state index is 12.2. The number of carboxylic acid groups (broad SMARTS) is 1. The van der Waals surface area contributed by atoms with Gasteiger partial charge in [0.1, 0.15) is 0 Å². The van der Waals surface area contributed by atoms with Crippen LogP contribution in [-0.4, -0.2) is 66.5 Å². The summed E-state index contributed by atoms with van der Waals surface area (Å²) < 4.78 is 0. The number of aliphatic carboxylic acids is 1. The fourth-order valence-corrected chi connectivity index (χ4v) is 2.91. The fourth-order valence-electron chi connectivity index (χ4n) is 2.91. The van der Waals surface area contributed by atoms with Crippen molar-refractivity contribution in [3.05, 3.63) is 35.4 Å². The van der Waals surface area contributed by atoms with Gasteiger partial charge in [-0.25, -0.2) is 4.79 Å². The van der Waals surface area contributed by atoms with Gasteiger partial charge in [-0.1, -0.05) is 12.1 Å². The van der Waals surface area contributed by atoms with Gasteiger partial charge in [-0.3, -0.25) is 9.59 Å². The van der Waals surface area contributed by atoms with Gasteiger partial charge in [0, 0.05) is 39.3 Å². The molecule has 1 aliphatic rings. The van der Waals surface area contributed by atoms with Crippen LogP contribution in [0.15, 0.2) is 24.3 Å². The van der Waals surface area contributed by atoms with Crippen LogP contribution in [0.2, 0.25) is 0 Å². The monoisotopic (exact) mass is 347 g/mol. The van der Waals surface area contributed by atoms with Crippen molar-refractivity contribution in [1.82, 2.24) is 15.1 Å². The molecule has 25 heavy (non-hydrogen) atoms. The van der Waals surface area contributed by atoms with E-state index in [1.165, 1.54) is 4.90 Å². The van der Waals surface area contributed by atoms with Crippen molar-refractivity contribution in [2.24, 2.45) is 5.92 Å². The van der Waals surface area contributed by atoms with Crippen molar-refractivity contribution in [3.63, 3.8) is 0 Å². The Labute approximate surface area is 147 Å². The molecule has 7 nitrogen and oxygen atoms in total. The highest BCUT2D eigenvalue weighted by Gasteiger charge is 2.27. The highest BCUT2D eigenvalue weighted by Crippen LogP contribution is 2.16. The normalized spacial score (nSPS) is 17.0. The largest absolute Gasteiger partial charge is 0.481 e. The first-order valence-corrected chi connectivity index (χ1v) is 8.44. The van der Waals surface area contributed by atoms with Gasteiger partial charge in [-0.05, 0) is 37.0 Å². The highest BCUT2D eigenvalue weighted by molar-refractivity contribution is 5.94. The number of hydrogen-bond donors (Lipinski definition) is 2. The third kappa shape index (κ3) is 5.20. The summed E-state index contributed by atoms with van der Waals surface area (Å²) in [4.78, 5) is 38.3. The molecule has 2 rings (SSSR count). The van der Waals surface area contributed by atoms with Crippen LogP contribution >= 0.6 is 0 Å². The molecule has 1 aliphatic heterocycles. The van der Waals surface area contributed by atoms with Gasteiger partial charge >= 0.3 is 12.0 Å². The van der Waals surface area contributed by atoms with E-state index in [4.69, 9.17) is 5.11 Å². The van der Waals surface area contributed by atoms with Crippen molar-refractivity contribution in [3.8, 4) is 0 Å². The lowest BCUT2D eigenvalue weighted by Gasteiger charge is -2.30. The number of urea groups is 1. The highest BCUT2D eigenvalue weighted by atomic mass is 16.4. The predicted octanol–water partition coefficient (Wildman–Crippen LogP) is 1.44. The molecular weight excluding hydrogens is 322 g/mol.